The molecule has 5 heteroatoms. The van der Waals surface area contributed by atoms with Crippen LogP contribution in [0.25, 0.3) is 0 Å². The number of amides is 1. The van der Waals surface area contributed by atoms with Crippen LogP contribution in [0, 0.1) is 0 Å². The monoisotopic (exact) mass is 324 g/mol. The highest BCUT2D eigenvalue weighted by molar-refractivity contribution is 9.10. The van der Waals surface area contributed by atoms with Gasteiger partial charge in [0.25, 0.3) is 5.91 Å². The molecule has 1 N–H and O–H groups in total. The highest BCUT2D eigenvalue weighted by atomic mass is 79.9. The van der Waals surface area contributed by atoms with Gasteiger partial charge in [0.2, 0.25) is 0 Å². The largest absolute Gasteiger partial charge is 0.348 e. The molecule has 0 saturated heterocycles. The number of pyridine rings is 1. The zero-order chi connectivity index (χ0) is 13.0. The van der Waals surface area contributed by atoms with Crippen LogP contribution in [0.15, 0.2) is 47.2 Å². The summed E-state index contributed by atoms with van der Waals surface area (Å²) in [5.41, 5.74) is 1.53. The van der Waals surface area contributed by atoms with Crippen LogP contribution < -0.4 is 5.32 Å². The van der Waals surface area contributed by atoms with Crippen LogP contribution >= 0.6 is 27.5 Å². The summed E-state index contributed by atoms with van der Waals surface area (Å²) >= 11 is 9.01. The maximum Gasteiger partial charge on any atom is 0.253 e. The molecule has 1 heterocycles. The van der Waals surface area contributed by atoms with Crippen molar-refractivity contribution in [1.29, 1.82) is 0 Å². The Morgan fingerprint density at radius 3 is 2.56 bits per heavy atom. The van der Waals surface area contributed by atoms with Crippen molar-refractivity contribution in [3.05, 3.63) is 63.3 Å². The third-order valence-corrected chi connectivity index (χ3v) is 3.08. The van der Waals surface area contributed by atoms with Crippen molar-refractivity contribution in [3.8, 4) is 0 Å². The lowest BCUT2D eigenvalue weighted by Gasteiger charge is -2.05. The molecule has 1 aromatic heterocycles. The van der Waals surface area contributed by atoms with E-state index in [-0.39, 0.29) is 5.91 Å². The molecule has 92 valence electrons. The summed E-state index contributed by atoms with van der Waals surface area (Å²) < 4.78 is 0.705. The molecular formula is C13H10BrClN2O. The van der Waals surface area contributed by atoms with E-state index in [0.717, 1.165) is 5.56 Å². The summed E-state index contributed by atoms with van der Waals surface area (Å²) in [6.45, 7) is 0.464. The molecule has 18 heavy (non-hydrogen) atoms. The van der Waals surface area contributed by atoms with Gasteiger partial charge in [0.05, 0.1) is 5.56 Å². The predicted octanol–water partition coefficient (Wildman–Crippen LogP) is 3.43. The maximum atomic E-state index is 11.8. The number of hydrogen-bond acceptors (Lipinski definition) is 2. The van der Waals surface area contributed by atoms with Crippen LogP contribution in [0.3, 0.4) is 0 Å². The molecule has 0 aliphatic rings. The smallest absolute Gasteiger partial charge is 0.253 e. The Morgan fingerprint density at radius 2 is 1.94 bits per heavy atom. The number of benzene rings is 1. The van der Waals surface area contributed by atoms with E-state index < -0.39 is 0 Å². The van der Waals surface area contributed by atoms with Crippen LogP contribution in [-0.4, -0.2) is 10.9 Å². The van der Waals surface area contributed by atoms with Crippen molar-refractivity contribution in [2.45, 2.75) is 6.54 Å². The Balaban J connectivity index is 1.96. The van der Waals surface area contributed by atoms with Gasteiger partial charge in [-0.2, -0.15) is 0 Å². The molecule has 0 radical (unpaired) electrons. The molecule has 3 nitrogen and oxygen atoms in total. The van der Waals surface area contributed by atoms with E-state index in [4.69, 9.17) is 11.6 Å². The van der Waals surface area contributed by atoms with Gasteiger partial charge in [0, 0.05) is 17.8 Å². The van der Waals surface area contributed by atoms with Crippen molar-refractivity contribution in [3.63, 3.8) is 0 Å². The fraction of sp³-hybridized carbons (Fsp3) is 0.0769. The number of aromatic nitrogens is 1. The number of rotatable bonds is 3. The van der Waals surface area contributed by atoms with E-state index in [2.05, 4.69) is 26.2 Å². The zero-order valence-corrected chi connectivity index (χ0v) is 11.7. The van der Waals surface area contributed by atoms with Gasteiger partial charge in [-0.15, -0.1) is 0 Å². The molecule has 0 fully saturated rings. The summed E-state index contributed by atoms with van der Waals surface area (Å²) in [7, 11) is 0. The Bertz CT molecular complexity index is 540. The average Bonchev–Trinajstić information content (AvgIpc) is 2.38. The van der Waals surface area contributed by atoms with Crippen molar-refractivity contribution in [1.82, 2.24) is 10.3 Å². The summed E-state index contributed by atoms with van der Waals surface area (Å²) in [6, 6.07) is 10.8. The summed E-state index contributed by atoms with van der Waals surface area (Å²) in [6.07, 6.45) is 1.53. The number of carbonyl (C=O) groups excluding carboxylic acids is 1. The number of nitrogens with one attached hydrogen (secondary N) is 1. The maximum absolute atomic E-state index is 11.8. The molecular weight excluding hydrogens is 316 g/mol. The molecule has 1 amide bonds. The van der Waals surface area contributed by atoms with Gasteiger partial charge in [0.1, 0.15) is 4.60 Å². The summed E-state index contributed by atoms with van der Waals surface area (Å²) in [5.74, 6) is -0.148. The van der Waals surface area contributed by atoms with E-state index >= 15 is 0 Å². The molecule has 0 spiro atoms. The molecule has 0 bridgehead atoms. The fourth-order valence-electron chi connectivity index (χ4n) is 1.40. The van der Waals surface area contributed by atoms with Gasteiger partial charge < -0.3 is 5.32 Å². The van der Waals surface area contributed by atoms with Crippen molar-refractivity contribution in [2.24, 2.45) is 0 Å². The molecule has 1 aromatic carbocycles. The van der Waals surface area contributed by atoms with E-state index in [9.17, 15) is 4.79 Å². The van der Waals surface area contributed by atoms with Gasteiger partial charge in [-0.3, -0.25) is 4.79 Å². The Hall–Kier alpha value is -1.39. The Labute approximate surface area is 118 Å². The number of halogens is 2. The first-order valence-electron chi connectivity index (χ1n) is 5.29. The van der Waals surface area contributed by atoms with E-state index in [0.29, 0.717) is 21.7 Å². The van der Waals surface area contributed by atoms with Crippen molar-refractivity contribution < 1.29 is 4.79 Å². The van der Waals surface area contributed by atoms with E-state index in [1.165, 1.54) is 6.20 Å². The SMILES string of the molecule is O=C(NCc1ccc(Cl)cc1)c1ccc(Br)nc1. The molecule has 0 aliphatic heterocycles. The Morgan fingerprint density at radius 1 is 1.22 bits per heavy atom. The summed E-state index contributed by atoms with van der Waals surface area (Å²) in [4.78, 5) is 15.8. The van der Waals surface area contributed by atoms with Gasteiger partial charge in [-0.05, 0) is 45.8 Å². The number of nitrogens with zero attached hydrogens (tertiary/aromatic N) is 1. The van der Waals surface area contributed by atoms with Gasteiger partial charge in [0.15, 0.2) is 0 Å². The van der Waals surface area contributed by atoms with Gasteiger partial charge >= 0.3 is 0 Å². The second-order valence-electron chi connectivity index (χ2n) is 3.68. The lowest BCUT2D eigenvalue weighted by atomic mass is 10.2. The molecule has 2 aromatic rings. The third-order valence-electron chi connectivity index (χ3n) is 2.36. The highest BCUT2D eigenvalue weighted by Crippen LogP contribution is 2.10. The highest BCUT2D eigenvalue weighted by Gasteiger charge is 2.05. The first kappa shape index (κ1) is 13.1. The van der Waals surface area contributed by atoms with Gasteiger partial charge in [-0.25, -0.2) is 4.98 Å². The minimum atomic E-state index is -0.148. The normalized spacial score (nSPS) is 10.1. The average molecular weight is 326 g/mol. The van der Waals surface area contributed by atoms with Crippen LogP contribution in [0.5, 0.6) is 0 Å². The molecule has 0 atom stereocenters. The Kier molecular flexibility index (Phi) is 4.33. The summed E-state index contributed by atoms with van der Waals surface area (Å²) in [5, 5.41) is 3.50. The molecule has 0 saturated carbocycles. The first-order valence-corrected chi connectivity index (χ1v) is 6.46. The topological polar surface area (TPSA) is 42.0 Å². The minimum Gasteiger partial charge on any atom is -0.348 e. The molecule has 2 rings (SSSR count). The second-order valence-corrected chi connectivity index (χ2v) is 4.93. The fourth-order valence-corrected chi connectivity index (χ4v) is 1.76. The first-order chi connectivity index (χ1) is 8.65. The standard InChI is InChI=1S/C13H10BrClN2O/c14-12-6-3-10(8-16-12)13(18)17-7-9-1-4-11(15)5-2-9/h1-6,8H,7H2,(H,17,18). The third kappa shape index (κ3) is 3.55. The van der Waals surface area contributed by atoms with Crippen LogP contribution in [0.1, 0.15) is 15.9 Å². The van der Waals surface area contributed by atoms with Crippen LogP contribution in [-0.2, 0) is 6.54 Å². The lowest BCUT2D eigenvalue weighted by molar-refractivity contribution is 0.0950. The number of carbonyl (C=O) groups is 1. The zero-order valence-electron chi connectivity index (χ0n) is 9.36. The lowest BCUT2D eigenvalue weighted by Crippen LogP contribution is -2.22. The molecule has 0 unspecified atom stereocenters. The quantitative estimate of drug-likeness (QED) is 0.879. The number of hydrogen-bond donors (Lipinski definition) is 1. The van der Waals surface area contributed by atoms with E-state index in [1.54, 1.807) is 24.3 Å². The van der Waals surface area contributed by atoms with Crippen LogP contribution in [0.4, 0.5) is 0 Å². The molecule has 0 aliphatic carbocycles. The second kappa shape index (κ2) is 5.98. The van der Waals surface area contributed by atoms with Gasteiger partial charge in [-0.1, -0.05) is 23.7 Å². The van der Waals surface area contributed by atoms with Crippen molar-refractivity contribution in [2.75, 3.05) is 0 Å². The van der Waals surface area contributed by atoms with Crippen LogP contribution in [0.2, 0.25) is 5.02 Å². The van der Waals surface area contributed by atoms with Crippen molar-refractivity contribution >= 4 is 33.4 Å². The van der Waals surface area contributed by atoms with E-state index in [1.807, 2.05) is 12.1 Å². The minimum absolute atomic E-state index is 0.148. The predicted molar refractivity (Wildman–Crippen MR) is 74.6 cm³/mol.